The summed E-state index contributed by atoms with van der Waals surface area (Å²) in [5.41, 5.74) is 0. The fraction of sp³-hybridized carbons (Fsp3) is 0.250. The summed E-state index contributed by atoms with van der Waals surface area (Å²) in [5.74, 6) is 0. The van der Waals surface area contributed by atoms with Crippen molar-refractivity contribution >= 4 is 25.7 Å². The van der Waals surface area contributed by atoms with Gasteiger partial charge in [-0.3, -0.25) is 0 Å². The van der Waals surface area contributed by atoms with Gasteiger partial charge >= 0.3 is 101 Å². The zero-order valence-corrected chi connectivity index (χ0v) is 11.0. The van der Waals surface area contributed by atoms with Crippen LogP contribution in [0.1, 0.15) is 0 Å². The molecule has 16 heavy (non-hydrogen) atoms. The third-order valence-corrected chi connectivity index (χ3v) is 4.12. The van der Waals surface area contributed by atoms with E-state index < -0.39 is 6.29 Å². The van der Waals surface area contributed by atoms with Crippen LogP contribution in [-0.4, -0.2) is 41.8 Å². The Kier molecular flexibility index (Phi) is 6.04. The Morgan fingerprint density at radius 2 is 1.88 bits per heavy atom. The van der Waals surface area contributed by atoms with Crippen LogP contribution in [0.4, 0.5) is 0 Å². The number of hydrogen-bond donors (Lipinski definition) is 0. The minimum absolute atomic E-state index is 0.0405. The first kappa shape index (κ1) is 13.1. The Labute approximate surface area is 102 Å². The van der Waals surface area contributed by atoms with Crippen molar-refractivity contribution in [2.24, 2.45) is 0 Å². The number of methoxy groups -OCH3 is 2. The summed E-state index contributed by atoms with van der Waals surface area (Å²) < 4.78 is 12.4. The van der Waals surface area contributed by atoms with Crippen LogP contribution >= 0.6 is 0 Å². The fourth-order valence-electron chi connectivity index (χ4n) is 1.18. The molecular weight excluding hydrogens is 271 g/mol. The van der Waals surface area contributed by atoms with Crippen LogP contribution < -0.4 is 4.46 Å². The number of allylic oxidation sites excluding steroid dienone is 1. The molecule has 0 spiro atoms. The maximum absolute atomic E-state index is 10.6. The molecule has 0 aromatic heterocycles. The standard InChI is InChI=1S/C12H14O3Se/c1-14-12(15-2)11(8-9-13)16-10-6-4-3-5-7-10/h3-9,12H,1-2H3/b11-8-. The van der Waals surface area contributed by atoms with Crippen LogP contribution in [0.2, 0.25) is 0 Å². The van der Waals surface area contributed by atoms with Gasteiger partial charge in [0, 0.05) is 0 Å². The molecule has 1 aromatic carbocycles. The van der Waals surface area contributed by atoms with Gasteiger partial charge in [0.25, 0.3) is 0 Å². The third kappa shape index (κ3) is 3.91. The van der Waals surface area contributed by atoms with Gasteiger partial charge in [0.1, 0.15) is 0 Å². The van der Waals surface area contributed by atoms with Crippen molar-refractivity contribution < 1.29 is 14.3 Å². The number of carbonyl (C=O) groups is 1. The van der Waals surface area contributed by atoms with E-state index in [0.717, 1.165) is 10.8 Å². The first-order chi connectivity index (χ1) is 7.81. The van der Waals surface area contributed by atoms with Gasteiger partial charge in [0.2, 0.25) is 0 Å². The number of benzene rings is 1. The van der Waals surface area contributed by atoms with E-state index in [4.69, 9.17) is 9.47 Å². The summed E-state index contributed by atoms with van der Waals surface area (Å²) in [6, 6.07) is 9.98. The number of carbonyl (C=O) groups excluding carboxylic acids is 1. The van der Waals surface area contributed by atoms with Crippen molar-refractivity contribution in [3.8, 4) is 0 Å². The molecule has 0 atom stereocenters. The summed E-state index contributed by atoms with van der Waals surface area (Å²) in [7, 11) is 3.13. The molecular formula is C12H14O3Se. The van der Waals surface area contributed by atoms with Crippen LogP contribution in [0, 0.1) is 0 Å². The van der Waals surface area contributed by atoms with Crippen molar-refractivity contribution in [1.29, 1.82) is 0 Å². The zero-order valence-electron chi connectivity index (χ0n) is 9.25. The summed E-state index contributed by atoms with van der Waals surface area (Å²) in [4.78, 5) is 10.6. The summed E-state index contributed by atoms with van der Waals surface area (Å²) in [6.45, 7) is 0. The average molecular weight is 285 g/mol. The molecule has 0 unspecified atom stereocenters. The van der Waals surface area contributed by atoms with Crippen LogP contribution in [0.25, 0.3) is 0 Å². The molecule has 0 aliphatic carbocycles. The van der Waals surface area contributed by atoms with Crippen LogP contribution in [0.15, 0.2) is 40.9 Å². The van der Waals surface area contributed by atoms with Gasteiger partial charge in [0.05, 0.1) is 0 Å². The van der Waals surface area contributed by atoms with Gasteiger partial charge in [-0.2, -0.15) is 0 Å². The van der Waals surface area contributed by atoms with Crippen molar-refractivity contribution in [1.82, 2.24) is 0 Å². The molecule has 1 rings (SSSR count). The quantitative estimate of drug-likeness (QED) is 0.334. The molecule has 0 bridgehead atoms. The van der Waals surface area contributed by atoms with E-state index in [2.05, 4.69) is 0 Å². The monoisotopic (exact) mass is 286 g/mol. The first-order valence-electron chi connectivity index (χ1n) is 4.75. The van der Waals surface area contributed by atoms with E-state index in [1.165, 1.54) is 10.5 Å². The summed E-state index contributed by atoms with van der Waals surface area (Å²) >= 11 is 0.0405. The molecule has 0 radical (unpaired) electrons. The van der Waals surface area contributed by atoms with Gasteiger partial charge in [-0.1, -0.05) is 0 Å². The minimum atomic E-state index is -0.439. The summed E-state index contributed by atoms with van der Waals surface area (Å²) in [5, 5.41) is 0. The van der Waals surface area contributed by atoms with E-state index in [-0.39, 0.29) is 15.0 Å². The molecule has 3 nitrogen and oxygen atoms in total. The molecule has 0 N–H and O–H groups in total. The average Bonchev–Trinajstić information content (AvgIpc) is 2.32. The number of rotatable bonds is 6. The molecule has 0 amide bonds. The number of aldehydes is 1. The first-order valence-corrected chi connectivity index (χ1v) is 6.47. The van der Waals surface area contributed by atoms with E-state index in [0.29, 0.717) is 0 Å². The molecule has 86 valence electrons. The van der Waals surface area contributed by atoms with Gasteiger partial charge in [0.15, 0.2) is 0 Å². The van der Waals surface area contributed by atoms with Gasteiger partial charge < -0.3 is 0 Å². The second-order valence-corrected chi connectivity index (χ2v) is 5.33. The van der Waals surface area contributed by atoms with Gasteiger partial charge in [-0.05, 0) is 0 Å². The van der Waals surface area contributed by atoms with E-state index >= 15 is 0 Å². The second-order valence-electron chi connectivity index (χ2n) is 2.92. The zero-order chi connectivity index (χ0) is 11.8. The molecule has 4 heteroatoms. The van der Waals surface area contributed by atoms with Crippen molar-refractivity contribution in [3.63, 3.8) is 0 Å². The van der Waals surface area contributed by atoms with Crippen molar-refractivity contribution in [3.05, 3.63) is 40.9 Å². The fourth-order valence-corrected chi connectivity index (χ4v) is 3.23. The Morgan fingerprint density at radius 1 is 1.25 bits per heavy atom. The second kappa shape index (κ2) is 7.36. The predicted molar refractivity (Wildman–Crippen MR) is 63.8 cm³/mol. The van der Waals surface area contributed by atoms with Crippen LogP contribution in [0.3, 0.4) is 0 Å². The van der Waals surface area contributed by atoms with Crippen LogP contribution in [0.5, 0.6) is 0 Å². The Morgan fingerprint density at radius 3 is 2.38 bits per heavy atom. The van der Waals surface area contributed by atoms with Crippen molar-refractivity contribution in [2.75, 3.05) is 14.2 Å². The predicted octanol–water partition coefficient (Wildman–Crippen LogP) is 0.718. The number of ether oxygens (including phenoxy) is 2. The molecule has 0 heterocycles. The molecule has 0 saturated heterocycles. The molecule has 1 aromatic rings. The van der Waals surface area contributed by atoms with Gasteiger partial charge in [-0.15, -0.1) is 0 Å². The van der Waals surface area contributed by atoms with Crippen LogP contribution in [-0.2, 0) is 14.3 Å². The van der Waals surface area contributed by atoms with Gasteiger partial charge in [-0.25, -0.2) is 0 Å². The van der Waals surface area contributed by atoms with E-state index in [1.807, 2.05) is 30.3 Å². The van der Waals surface area contributed by atoms with E-state index in [9.17, 15) is 4.79 Å². The molecule has 0 aliphatic heterocycles. The molecule has 0 fully saturated rings. The molecule has 0 aliphatic rings. The Hall–Kier alpha value is -0.931. The Bertz CT molecular complexity index is 345. The maximum atomic E-state index is 10.6. The van der Waals surface area contributed by atoms with E-state index in [1.54, 1.807) is 14.2 Å². The summed E-state index contributed by atoms with van der Waals surface area (Å²) in [6.07, 6.45) is 1.85. The topological polar surface area (TPSA) is 35.5 Å². The normalized spacial score (nSPS) is 11.8. The Balaban J connectivity index is 2.80. The third-order valence-electron chi connectivity index (χ3n) is 1.87. The number of hydrogen-bond acceptors (Lipinski definition) is 3. The van der Waals surface area contributed by atoms with Crippen molar-refractivity contribution in [2.45, 2.75) is 6.29 Å². The molecule has 0 saturated carbocycles. The SMILES string of the molecule is COC(OC)/C(=C/C=O)[Se]c1ccccc1.